The molecule has 0 aliphatic rings. The first-order valence-electron chi connectivity index (χ1n) is 4.52. The first-order valence-corrected chi connectivity index (χ1v) is 6.26. The number of hydrogen-bond donors (Lipinski definition) is 0. The summed E-state index contributed by atoms with van der Waals surface area (Å²) in [7, 11) is 1.27. The summed E-state index contributed by atoms with van der Waals surface area (Å²) in [5, 5.41) is 0. The highest BCUT2D eigenvalue weighted by atomic mass is 32.8. The summed E-state index contributed by atoms with van der Waals surface area (Å²) >= 11 is 4.96. The van der Waals surface area contributed by atoms with Gasteiger partial charge in [-0.15, -0.1) is 0 Å². The third-order valence-corrected chi connectivity index (χ3v) is 2.97. The third kappa shape index (κ3) is 2.58. The van der Waals surface area contributed by atoms with Crippen LogP contribution in [-0.2, 0) is 21.5 Å². The fourth-order valence-corrected chi connectivity index (χ4v) is 1.96. The topological polar surface area (TPSA) is 9.23 Å². The van der Waals surface area contributed by atoms with Crippen molar-refractivity contribution in [2.45, 2.75) is 4.90 Å². The molecule has 0 fully saturated rings. The van der Waals surface area contributed by atoms with Crippen LogP contribution in [0.3, 0.4) is 0 Å². The Bertz CT molecular complexity index is 454. The van der Waals surface area contributed by atoms with E-state index in [-0.39, 0.29) is 0 Å². The minimum Gasteiger partial charge on any atom is -0.451 e. The van der Waals surface area contributed by atoms with Crippen molar-refractivity contribution in [3.63, 3.8) is 0 Å². The van der Waals surface area contributed by atoms with Gasteiger partial charge in [-0.1, -0.05) is 30.3 Å². The monoisotopic (exact) mass is 233 g/mol. The molecule has 0 aliphatic carbocycles. The Morgan fingerprint density at radius 1 is 0.867 bits per heavy atom. The molecule has 0 unspecified atom stereocenters. The Morgan fingerprint density at radius 3 is 2.27 bits per heavy atom. The summed E-state index contributed by atoms with van der Waals surface area (Å²) in [5.41, 5.74) is 0. The maximum atomic E-state index is 5.71. The fraction of sp³-hybridized carbons (Fsp3) is 0. The van der Waals surface area contributed by atoms with Gasteiger partial charge in [-0.2, -0.15) is 0 Å². The molecule has 0 aromatic heterocycles. The molecule has 0 amide bonds. The van der Waals surface area contributed by atoms with Gasteiger partial charge < -0.3 is 4.74 Å². The van der Waals surface area contributed by atoms with Crippen molar-refractivity contribution in [1.29, 1.82) is 0 Å². The van der Waals surface area contributed by atoms with E-state index in [0.29, 0.717) is 0 Å². The van der Waals surface area contributed by atoms with Crippen molar-refractivity contribution in [3.05, 3.63) is 54.6 Å². The number of ether oxygens (including phenoxy) is 1. The zero-order chi connectivity index (χ0) is 10.5. The molecule has 0 aliphatic heterocycles. The van der Waals surface area contributed by atoms with E-state index in [2.05, 4.69) is 0 Å². The molecule has 1 nitrogen and oxygen atoms in total. The van der Waals surface area contributed by atoms with Crippen LogP contribution in [0.1, 0.15) is 0 Å². The molecule has 2 rings (SSSR count). The Balaban J connectivity index is 2.28. The van der Waals surface area contributed by atoms with Crippen LogP contribution >= 0.6 is 0 Å². The van der Waals surface area contributed by atoms with Crippen molar-refractivity contribution in [1.82, 2.24) is 0 Å². The largest absolute Gasteiger partial charge is 0.451 e. The maximum absolute atomic E-state index is 5.71. The van der Waals surface area contributed by atoms with E-state index in [1.807, 2.05) is 54.6 Å². The van der Waals surface area contributed by atoms with Crippen molar-refractivity contribution in [3.8, 4) is 11.5 Å². The Labute approximate surface area is 97.3 Å². The average Bonchev–Trinajstić information content (AvgIpc) is 2.31. The molecule has 3 heteroatoms. The standard InChI is InChI=1S/C12H9OS2/c14-15-12-9-5-4-8-11(12)13-10-6-2-1-3-7-10/h1-9H/q+1. The SMILES string of the molecule is S=[S+]c1ccccc1Oc1ccccc1. The van der Waals surface area contributed by atoms with Gasteiger partial charge in [-0.05, 0) is 18.2 Å². The molecule has 15 heavy (non-hydrogen) atoms. The molecule has 0 spiro atoms. The average molecular weight is 233 g/mol. The van der Waals surface area contributed by atoms with Crippen molar-refractivity contribution < 1.29 is 4.74 Å². The zero-order valence-corrected chi connectivity index (χ0v) is 9.55. The number of hydrogen-bond acceptors (Lipinski definition) is 2. The van der Waals surface area contributed by atoms with E-state index >= 15 is 0 Å². The van der Waals surface area contributed by atoms with E-state index in [4.69, 9.17) is 15.9 Å². The van der Waals surface area contributed by atoms with Gasteiger partial charge in [0, 0.05) is 6.07 Å². The highest BCUT2D eigenvalue weighted by Crippen LogP contribution is 2.24. The van der Waals surface area contributed by atoms with Gasteiger partial charge in [0.05, 0.1) is 0 Å². The highest BCUT2D eigenvalue weighted by molar-refractivity contribution is 8.18. The highest BCUT2D eigenvalue weighted by Gasteiger charge is 2.11. The molecule has 0 bridgehead atoms. The molecule has 74 valence electrons. The van der Waals surface area contributed by atoms with Crippen LogP contribution in [0.15, 0.2) is 59.5 Å². The predicted octanol–water partition coefficient (Wildman–Crippen LogP) is 3.38. The smallest absolute Gasteiger partial charge is 0.320 e. The number of rotatable bonds is 3. The lowest BCUT2D eigenvalue weighted by Gasteiger charge is -2.02. The Kier molecular flexibility index (Phi) is 3.37. The molecule has 2 aromatic carbocycles. The molecule has 0 heterocycles. The van der Waals surface area contributed by atoms with Gasteiger partial charge in [-0.25, -0.2) is 0 Å². The maximum Gasteiger partial charge on any atom is 0.320 e. The second-order valence-electron chi connectivity index (χ2n) is 2.95. The van der Waals surface area contributed by atoms with Crippen molar-refractivity contribution >= 4 is 21.5 Å². The van der Waals surface area contributed by atoms with Crippen LogP contribution in [-0.4, -0.2) is 0 Å². The second-order valence-corrected chi connectivity index (χ2v) is 4.05. The summed E-state index contributed by atoms with van der Waals surface area (Å²) in [4.78, 5) is 0.969. The molecular formula is C12H9OS2+. The van der Waals surface area contributed by atoms with E-state index in [9.17, 15) is 0 Å². The molecule has 0 saturated heterocycles. The zero-order valence-electron chi connectivity index (χ0n) is 7.92. The van der Waals surface area contributed by atoms with Crippen molar-refractivity contribution in [2.75, 3.05) is 0 Å². The van der Waals surface area contributed by atoms with E-state index in [0.717, 1.165) is 16.4 Å². The summed E-state index contributed by atoms with van der Waals surface area (Å²) in [5.74, 6) is 1.64. The first-order chi connectivity index (χ1) is 7.40. The second kappa shape index (κ2) is 4.96. The van der Waals surface area contributed by atoms with E-state index in [1.165, 1.54) is 10.3 Å². The predicted molar refractivity (Wildman–Crippen MR) is 66.0 cm³/mol. The van der Waals surface area contributed by atoms with Crippen LogP contribution < -0.4 is 4.74 Å². The van der Waals surface area contributed by atoms with E-state index in [1.54, 1.807) is 0 Å². The van der Waals surface area contributed by atoms with Crippen LogP contribution in [0.4, 0.5) is 0 Å². The molecule has 2 aromatic rings. The molecule has 0 atom stereocenters. The van der Waals surface area contributed by atoms with Crippen LogP contribution in [0, 0.1) is 0 Å². The van der Waals surface area contributed by atoms with Crippen LogP contribution in [0.25, 0.3) is 0 Å². The number of para-hydroxylation sites is 2. The summed E-state index contributed by atoms with van der Waals surface area (Å²) in [6, 6.07) is 17.4. The number of benzene rings is 2. The van der Waals surface area contributed by atoms with Gasteiger partial charge in [0.15, 0.2) is 5.75 Å². The van der Waals surface area contributed by atoms with Gasteiger partial charge in [0.1, 0.15) is 5.75 Å². The Hall–Kier alpha value is -1.32. The van der Waals surface area contributed by atoms with Gasteiger partial charge >= 0.3 is 10.3 Å². The quantitative estimate of drug-likeness (QED) is 0.752. The molecular weight excluding hydrogens is 224 g/mol. The lowest BCUT2D eigenvalue weighted by atomic mass is 10.3. The van der Waals surface area contributed by atoms with Crippen molar-refractivity contribution in [2.24, 2.45) is 0 Å². The third-order valence-electron chi connectivity index (χ3n) is 1.91. The minimum absolute atomic E-state index is 0.809. The molecule has 0 saturated carbocycles. The van der Waals surface area contributed by atoms with E-state index < -0.39 is 0 Å². The van der Waals surface area contributed by atoms with Gasteiger partial charge in [0.25, 0.3) is 16.1 Å². The lowest BCUT2D eigenvalue weighted by molar-refractivity contribution is 0.471. The minimum atomic E-state index is 0.809. The van der Waals surface area contributed by atoms with Crippen LogP contribution in [0.2, 0.25) is 0 Å². The molecule has 0 N–H and O–H groups in total. The summed E-state index contributed by atoms with van der Waals surface area (Å²) in [6.45, 7) is 0. The van der Waals surface area contributed by atoms with Crippen LogP contribution in [0.5, 0.6) is 11.5 Å². The lowest BCUT2D eigenvalue weighted by Crippen LogP contribution is -1.86. The summed E-state index contributed by atoms with van der Waals surface area (Å²) < 4.78 is 5.71. The fourth-order valence-electron chi connectivity index (χ4n) is 1.22. The molecule has 0 radical (unpaired) electrons. The van der Waals surface area contributed by atoms with Gasteiger partial charge in [0.2, 0.25) is 0 Å². The summed E-state index contributed by atoms with van der Waals surface area (Å²) in [6.07, 6.45) is 0. The normalized spacial score (nSPS) is 9.60. The van der Waals surface area contributed by atoms with Gasteiger partial charge in [-0.3, -0.25) is 0 Å². The Morgan fingerprint density at radius 2 is 1.53 bits per heavy atom. The first kappa shape index (κ1) is 10.2.